The normalized spacial score (nSPS) is 17.1. The molecule has 194 valence electrons. The summed E-state index contributed by atoms with van der Waals surface area (Å²) in [5, 5.41) is 9.78. The average Bonchev–Trinajstić information content (AvgIpc) is 3.28. The van der Waals surface area contributed by atoms with Crippen LogP contribution >= 0.6 is 0 Å². The molecule has 8 nitrogen and oxygen atoms in total. The third kappa shape index (κ3) is 4.66. The van der Waals surface area contributed by atoms with Crippen molar-refractivity contribution < 1.29 is 29.0 Å². The maximum Gasteiger partial charge on any atom is 0.414 e. The zero-order valence-electron chi connectivity index (χ0n) is 20.9. The molecule has 2 aliphatic rings. The Labute approximate surface area is 220 Å². The minimum absolute atomic E-state index is 0.106. The topological polar surface area (TPSA) is 96.4 Å². The van der Waals surface area contributed by atoms with Crippen LogP contribution in [-0.4, -0.2) is 65.3 Å². The highest BCUT2D eigenvalue weighted by Crippen LogP contribution is 2.44. The molecule has 1 aliphatic heterocycles. The number of carbonyl (C=O) groups is 3. The predicted molar refractivity (Wildman–Crippen MR) is 140 cm³/mol. The molecule has 0 bridgehead atoms. The van der Waals surface area contributed by atoms with Gasteiger partial charge in [0.05, 0.1) is 13.7 Å². The summed E-state index contributed by atoms with van der Waals surface area (Å²) in [4.78, 5) is 41.5. The molecular formula is C30H28N2O6. The number of aliphatic hydroxyl groups excluding tert-OH is 1. The number of aliphatic hydroxyl groups is 1. The van der Waals surface area contributed by atoms with Crippen molar-refractivity contribution in [3.63, 3.8) is 0 Å². The highest BCUT2D eigenvalue weighted by atomic mass is 16.6. The summed E-state index contributed by atoms with van der Waals surface area (Å²) in [6.45, 7) is -0.514. The van der Waals surface area contributed by atoms with Crippen LogP contribution in [0.1, 0.15) is 22.6 Å². The first-order chi connectivity index (χ1) is 18.5. The van der Waals surface area contributed by atoms with E-state index in [4.69, 9.17) is 9.47 Å². The second-order valence-corrected chi connectivity index (χ2v) is 9.18. The van der Waals surface area contributed by atoms with Crippen LogP contribution in [0.2, 0.25) is 0 Å². The number of hydrogen-bond donors (Lipinski definition) is 1. The number of amides is 2. The molecule has 5 rings (SSSR count). The molecule has 3 aromatic carbocycles. The molecule has 3 aromatic rings. The number of carbonyl (C=O) groups excluding carboxylic acids is 3. The quantitative estimate of drug-likeness (QED) is 0.485. The molecule has 1 aliphatic carbocycles. The summed E-state index contributed by atoms with van der Waals surface area (Å²) >= 11 is 0. The van der Waals surface area contributed by atoms with E-state index >= 15 is 0 Å². The largest absolute Gasteiger partial charge is 0.467 e. The number of esters is 1. The van der Waals surface area contributed by atoms with Crippen LogP contribution < -0.4 is 0 Å². The fraction of sp³-hybridized carbons (Fsp3) is 0.233. The Hall–Kier alpha value is -4.43. The average molecular weight is 513 g/mol. The number of fused-ring (bicyclic) bond motifs is 3. The van der Waals surface area contributed by atoms with E-state index in [1.807, 2.05) is 66.7 Å². The molecule has 0 spiro atoms. The van der Waals surface area contributed by atoms with Crippen LogP contribution in [0.3, 0.4) is 0 Å². The molecule has 1 heterocycles. The van der Waals surface area contributed by atoms with Crippen LogP contribution in [0.15, 0.2) is 91.3 Å². The Bertz CT molecular complexity index is 1330. The van der Waals surface area contributed by atoms with Crippen molar-refractivity contribution in [2.75, 3.05) is 20.3 Å². The van der Waals surface area contributed by atoms with E-state index in [1.165, 1.54) is 24.4 Å². The van der Waals surface area contributed by atoms with E-state index in [2.05, 4.69) is 12.1 Å². The van der Waals surface area contributed by atoms with Gasteiger partial charge in [0.15, 0.2) is 6.04 Å². The summed E-state index contributed by atoms with van der Waals surface area (Å²) in [6.07, 6.45) is 2.25. The number of nitrogens with zero attached hydrogens (tertiary/aromatic N) is 2. The minimum Gasteiger partial charge on any atom is -0.467 e. The number of rotatable bonds is 7. The number of ether oxygens (including phenoxy) is 2. The Morgan fingerprint density at radius 2 is 1.50 bits per heavy atom. The molecule has 0 saturated carbocycles. The standard InChI is InChI=1S/C30H28N2O6/c1-37-29(35)27(18-33)31-15-16-32(26(28(31)34)17-20-9-3-2-4-10-20)30(36)38-19-25-23-13-7-5-11-21(23)22-12-6-8-14-24(22)25/h2-16,25-27,33H,17-19H2,1H3/t26-,27+/m0/s1. The van der Waals surface area contributed by atoms with Gasteiger partial charge in [0.25, 0.3) is 5.91 Å². The second-order valence-electron chi connectivity index (χ2n) is 9.18. The van der Waals surface area contributed by atoms with E-state index < -0.39 is 36.7 Å². The fourth-order valence-corrected chi connectivity index (χ4v) is 5.16. The molecule has 0 radical (unpaired) electrons. The van der Waals surface area contributed by atoms with Crippen molar-refractivity contribution in [1.82, 2.24) is 9.80 Å². The van der Waals surface area contributed by atoms with E-state index in [0.717, 1.165) is 32.7 Å². The van der Waals surface area contributed by atoms with Crippen molar-refractivity contribution in [1.29, 1.82) is 0 Å². The monoisotopic (exact) mass is 512 g/mol. The van der Waals surface area contributed by atoms with Gasteiger partial charge in [-0.2, -0.15) is 0 Å². The summed E-state index contributed by atoms with van der Waals surface area (Å²) in [5.41, 5.74) is 5.24. The molecule has 38 heavy (non-hydrogen) atoms. The Morgan fingerprint density at radius 1 is 0.895 bits per heavy atom. The maximum atomic E-state index is 13.6. The van der Waals surface area contributed by atoms with Gasteiger partial charge in [0.1, 0.15) is 12.6 Å². The van der Waals surface area contributed by atoms with Gasteiger partial charge in [0, 0.05) is 24.7 Å². The highest BCUT2D eigenvalue weighted by molar-refractivity contribution is 5.92. The third-order valence-electron chi connectivity index (χ3n) is 7.06. The van der Waals surface area contributed by atoms with Crippen molar-refractivity contribution in [2.45, 2.75) is 24.4 Å². The first-order valence-corrected chi connectivity index (χ1v) is 12.4. The highest BCUT2D eigenvalue weighted by Gasteiger charge is 2.41. The van der Waals surface area contributed by atoms with Gasteiger partial charge < -0.3 is 14.6 Å². The first kappa shape index (κ1) is 25.2. The maximum absolute atomic E-state index is 13.6. The molecule has 0 fully saturated rings. The van der Waals surface area contributed by atoms with E-state index in [-0.39, 0.29) is 18.9 Å². The van der Waals surface area contributed by atoms with E-state index in [0.29, 0.717) is 0 Å². The predicted octanol–water partition coefficient (Wildman–Crippen LogP) is 3.70. The lowest BCUT2D eigenvalue weighted by molar-refractivity contribution is -0.154. The lowest BCUT2D eigenvalue weighted by atomic mass is 9.98. The summed E-state index contributed by atoms with van der Waals surface area (Å²) in [5.74, 6) is -1.40. The Kier molecular flexibility index (Phi) is 7.24. The van der Waals surface area contributed by atoms with Gasteiger partial charge in [0.2, 0.25) is 0 Å². The van der Waals surface area contributed by atoms with Crippen molar-refractivity contribution >= 4 is 18.0 Å². The summed E-state index contributed by atoms with van der Waals surface area (Å²) in [6, 6.07) is 23.2. The van der Waals surface area contributed by atoms with Crippen LogP contribution in [-0.2, 0) is 25.5 Å². The molecule has 1 N–H and O–H groups in total. The van der Waals surface area contributed by atoms with Crippen LogP contribution in [0, 0.1) is 0 Å². The lowest BCUT2D eigenvalue weighted by Crippen LogP contribution is -2.57. The molecule has 2 amide bonds. The lowest BCUT2D eigenvalue weighted by Gasteiger charge is -2.37. The van der Waals surface area contributed by atoms with Crippen LogP contribution in [0.25, 0.3) is 11.1 Å². The van der Waals surface area contributed by atoms with E-state index in [1.54, 1.807) is 0 Å². The zero-order valence-corrected chi connectivity index (χ0v) is 20.9. The number of methoxy groups -OCH3 is 1. The Balaban J connectivity index is 1.40. The zero-order chi connectivity index (χ0) is 26.6. The van der Waals surface area contributed by atoms with Crippen LogP contribution in [0.5, 0.6) is 0 Å². The van der Waals surface area contributed by atoms with Gasteiger partial charge in [-0.15, -0.1) is 0 Å². The SMILES string of the molecule is COC(=O)[C@@H](CO)N1C=CN(C(=O)OCC2c3ccccc3-c3ccccc32)[C@@H](Cc2ccccc2)C1=O. The molecular weight excluding hydrogens is 484 g/mol. The van der Waals surface area contributed by atoms with Crippen molar-refractivity contribution in [2.24, 2.45) is 0 Å². The molecule has 0 aromatic heterocycles. The summed E-state index contributed by atoms with van der Waals surface area (Å²) in [7, 11) is 1.19. The minimum atomic E-state index is -1.22. The first-order valence-electron chi connectivity index (χ1n) is 12.4. The van der Waals surface area contributed by atoms with Gasteiger partial charge in [-0.3, -0.25) is 14.6 Å². The van der Waals surface area contributed by atoms with Crippen LogP contribution in [0.4, 0.5) is 4.79 Å². The molecule has 8 heteroatoms. The van der Waals surface area contributed by atoms with Crippen molar-refractivity contribution in [3.05, 3.63) is 108 Å². The smallest absolute Gasteiger partial charge is 0.414 e. The fourth-order valence-electron chi connectivity index (χ4n) is 5.16. The molecule has 0 unspecified atom stereocenters. The molecule has 0 saturated heterocycles. The van der Waals surface area contributed by atoms with Gasteiger partial charge >= 0.3 is 12.1 Å². The summed E-state index contributed by atoms with van der Waals surface area (Å²) < 4.78 is 10.6. The van der Waals surface area contributed by atoms with Gasteiger partial charge in [-0.25, -0.2) is 9.59 Å². The molecule has 2 atom stereocenters. The Morgan fingerprint density at radius 3 is 2.11 bits per heavy atom. The van der Waals surface area contributed by atoms with Crippen molar-refractivity contribution in [3.8, 4) is 11.1 Å². The number of benzene rings is 3. The second kappa shape index (κ2) is 10.9. The van der Waals surface area contributed by atoms with E-state index in [9.17, 15) is 19.5 Å². The third-order valence-corrected chi connectivity index (χ3v) is 7.06. The van der Waals surface area contributed by atoms with Gasteiger partial charge in [-0.1, -0.05) is 78.9 Å². The van der Waals surface area contributed by atoms with Gasteiger partial charge in [-0.05, 0) is 27.8 Å². The number of hydrogen-bond acceptors (Lipinski definition) is 6.